The lowest BCUT2D eigenvalue weighted by Gasteiger charge is -2.34. The van der Waals surface area contributed by atoms with E-state index in [0.29, 0.717) is 38.2 Å². The number of anilines is 1. The van der Waals surface area contributed by atoms with Crippen LogP contribution in [0.4, 0.5) is 5.69 Å². The van der Waals surface area contributed by atoms with Gasteiger partial charge in [-0.2, -0.15) is 0 Å². The first-order valence-electron chi connectivity index (χ1n) is 9.56. The fourth-order valence-electron chi connectivity index (χ4n) is 3.82. The fourth-order valence-corrected chi connectivity index (χ4v) is 3.82. The zero-order valence-electron chi connectivity index (χ0n) is 16.3. The zero-order valence-corrected chi connectivity index (χ0v) is 16.3. The largest absolute Gasteiger partial charge is 0.342 e. The Morgan fingerprint density at radius 3 is 2.44 bits per heavy atom. The topological polar surface area (TPSA) is 82.6 Å². The molecule has 1 atom stereocenters. The first-order valence-corrected chi connectivity index (χ1v) is 9.56. The zero-order chi connectivity index (χ0) is 19.6. The SMILES string of the molecule is CC(C)(C)N1CC(C(=O)N2CCC(C(=O)Nc3cccnc3)CC2)CC1=O. The molecule has 2 fully saturated rings. The van der Waals surface area contributed by atoms with Gasteiger partial charge < -0.3 is 15.1 Å². The molecule has 0 aromatic carbocycles. The third-order valence-corrected chi connectivity index (χ3v) is 5.39. The molecule has 146 valence electrons. The standard InChI is InChI=1S/C20H28N4O3/c1-20(2,3)24-13-15(11-17(24)25)19(27)23-9-6-14(7-10-23)18(26)22-16-5-4-8-21-12-16/h4-5,8,12,14-15H,6-7,9-11,13H2,1-3H3,(H,22,26). The second-order valence-electron chi connectivity index (χ2n) is 8.41. The smallest absolute Gasteiger partial charge is 0.227 e. The van der Waals surface area contributed by atoms with E-state index in [-0.39, 0.29) is 41.5 Å². The first kappa shape index (κ1) is 19.3. The Bertz CT molecular complexity index is 706. The summed E-state index contributed by atoms with van der Waals surface area (Å²) >= 11 is 0. The Labute approximate surface area is 160 Å². The van der Waals surface area contributed by atoms with Crippen LogP contribution in [-0.4, -0.2) is 57.7 Å². The Morgan fingerprint density at radius 2 is 1.89 bits per heavy atom. The maximum atomic E-state index is 12.8. The Morgan fingerprint density at radius 1 is 1.19 bits per heavy atom. The van der Waals surface area contributed by atoms with Crippen molar-refractivity contribution < 1.29 is 14.4 Å². The monoisotopic (exact) mass is 372 g/mol. The van der Waals surface area contributed by atoms with Crippen molar-refractivity contribution in [2.24, 2.45) is 11.8 Å². The van der Waals surface area contributed by atoms with Gasteiger partial charge in [-0.05, 0) is 45.7 Å². The van der Waals surface area contributed by atoms with Crippen molar-refractivity contribution in [1.82, 2.24) is 14.8 Å². The van der Waals surface area contributed by atoms with Crippen molar-refractivity contribution in [1.29, 1.82) is 0 Å². The fraction of sp³-hybridized carbons (Fsp3) is 0.600. The van der Waals surface area contributed by atoms with E-state index in [0.717, 1.165) is 0 Å². The summed E-state index contributed by atoms with van der Waals surface area (Å²) in [4.78, 5) is 45.1. The van der Waals surface area contributed by atoms with Crippen LogP contribution < -0.4 is 5.32 Å². The molecule has 1 aromatic heterocycles. The molecule has 3 rings (SSSR count). The van der Waals surface area contributed by atoms with Crippen LogP contribution >= 0.6 is 0 Å². The van der Waals surface area contributed by atoms with Crippen LogP contribution in [0.2, 0.25) is 0 Å². The van der Waals surface area contributed by atoms with Crippen LogP contribution in [0.1, 0.15) is 40.0 Å². The first-order chi connectivity index (χ1) is 12.8. The van der Waals surface area contributed by atoms with Gasteiger partial charge in [-0.3, -0.25) is 19.4 Å². The number of hydrogen-bond acceptors (Lipinski definition) is 4. The van der Waals surface area contributed by atoms with Gasteiger partial charge in [0.15, 0.2) is 0 Å². The summed E-state index contributed by atoms with van der Waals surface area (Å²) in [5.41, 5.74) is 0.427. The summed E-state index contributed by atoms with van der Waals surface area (Å²) in [6, 6.07) is 3.59. The van der Waals surface area contributed by atoms with E-state index in [2.05, 4.69) is 10.3 Å². The molecule has 0 radical (unpaired) electrons. The van der Waals surface area contributed by atoms with E-state index in [9.17, 15) is 14.4 Å². The molecule has 1 N–H and O–H groups in total. The number of aromatic nitrogens is 1. The average Bonchev–Trinajstić information content (AvgIpc) is 3.04. The number of amides is 3. The minimum atomic E-state index is -0.266. The molecule has 1 unspecified atom stereocenters. The minimum Gasteiger partial charge on any atom is -0.342 e. The number of nitrogens with zero attached hydrogens (tertiary/aromatic N) is 3. The summed E-state index contributed by atoms with van der Waals surface area (Å²) in [7, 11) is 0. The molecular formula is C20H28N4O3. The van der Waals surface area contributed by atoms with Crippen molar-refractivity contribution in [2.45, 2.75) is 45.6 Å². The van der Waals surface area contributed by atoms with Crippen molar-refractivity contribution >= 4 is 23.4 Å². The van der Waals surface area contributed by atoms with Gasteiger partial charge in [0.1, 0.15) is 0 Å². The van der Waals surface area contributed by atoms with E-state index in [1.165, 1.54) is 0 Å². The van der Waals surface area contributed by atoms with Crippen molar-refractivity contribution in [2.75, 3.05) is 25.0 Å². The normalized spacial score (nSPS) is 21.4. The molecule has 2 aliphatic rings. The predicted molar refractivity (Wildman–Crippen MR) is 102 cm³/mol. The Hall–Kier alpha value is -2.44. The number of pyridine rings is 1. The lowest BCUT2D eigenvalue weighted by Crippen LogP contribution is -2.46. The molecule has 0 spiro atoms. The van der Waals surface area contributed by atoms with Crippen LogP contribution in [0.15, 0.2) is 24.5 Å². The van der Waals surface area contributed by atoms with E-state index in [4.69, 9.17) is 0 Å². The molecule has 27 heavy (non-hydrogen) atoms. The van der Waals surface area contributed by atoms with Crippen LogP contribution in [0.5, 0.6) is 0 Å². The lowest BCUT2D eigenvalue weighted by molar-refractivity contribution is -0.138. The van der Waals surface area contributed by atoms with Crippen LogP contribution in [0.3, 0.4) is 0 Å². The molecule has 0 bridgehead atoms. The third-order valence-electron chi connectivity index (χ3n) is 5.39. The molecular weight excluding hydrogens is 344 g/mol. The molecule has 0 saturated carbocycles. The van der Waals surface area contributed by atoms with Gasteiger partial charge in [-0.15, -0.1) is 0 Å². The number of likely N-dealkylation sites (tertiary alicyclic amines) is 2. The second kappa shape index (κ2) is 7.66. The molecule has 2 saturated heterocycles. The molecule has 0 aliphatic carbocycles. The van der Waals surface area contributed by atoms with Crippen LogP contribution in [0, 0.1) is 11.8 Å². The van der Waals surface area contributed by atoms with Gasteiger partial charge in [0.05, 0.1) is 17.8 Å². The van der Waals surface area contributed by atoms with Crippen molar-refractivity contribution in [3.63, 3.8) is 0 Å². The van der Waals surface area contributed by atoms with Gasteiger partial charge in [-0.25, -0.2) is 0 Å². The second-order valence-corrected chi connectivity index (χ2v) is 8.41. The minimum absolute atomic E-state index is 0.0231. The van der Waals surface area contributed by atoms with Crippen LogP contribution in [0.25, 0.3) is 0 Å². The number of nitrogens with one attached hydrogen (secondary N) is 1. The summed E-state index contributed by atoms with van der Waals surface area (Å²) in [5.74, 6) is -0.305. The lowest BCUT2D eigenvalue weighted by atomic mass is 9.94. The van der Waals surface area contributed by atoms with Gasteiger partial charge in [0.25, 0.3) is 0 Å². The summed E-state index contributed by atoms with van der Waals surface area (Å²) in [6.07, 6.45) is 4.85. The van der Waals surface area contributed by atoms with E-state index in [1.54, 1.807) is 23.4 Å². The van der Waals surface area contributed by atoms with Crippen molar-refractivity contribution in [3.05, 3.63) is 24.5 Å². The van der Waals surface area contributed by atoms with Gasteiger partial charge in [0, 0.05) is 43.7 Å². The van der Waals surface area contributed by atoms with E-state index >= 15 is 0 Å². The predicted octanol–water partition coefficient (Wildman–Crippen LogP) is 1.91. The molecule has 7 heteroatoms. The molecule has 3 amide bonds. The number of hydrogen-bond donors (Lipinski definition) is 1. The maximum Gasteiger partial charge on any atom is 0.227 e. The number of piperidine rings is 1. The highest BCUT2D eigenvalue weighted by Gasteiger charge is 2.41. The molecule has 1 aromatic rings. The maximum absolute atomic E-state index is 12.8. The summed E-state index contributed by atoms with van der Waals surface area (Å²) < 4.78 is 0. The molecule has 2 aliphatic heterocycles. The van der Waals surface area contributed by atoms with E-state index in [1.807, 2.05) is 31.7 Å². The number of carbonyl (C=O) groups excluding carboxylic acids is 3. The van der Waals surface area contributed by atoms with Gasteiger partial charge in [0.2, 0.25) is 17.7 Å². The highest BCUT2D eigenvalue weighted by atomic mass is 16.2. The highest BCUT2D eigenvalue weighted by molar-refractivity contribution is 5.93. The summed E-state index contributed by atoms with van der Waals surface area (Å²) in [6.45, 7) is 7.58. The summed E-state index contributed by atoms with van der Waals surface area (Å²) in [5, 5.41) is 2.88. The van der Waals surface area contributed by atoms with Crippen molar-refractivity contribution in [3.8, 4) is 0 Å². The van der Waals surface area contributed by atoms with Gasteiger partial charge >= 0.3 is 0 Å². The third kappa shape index (κ3) is 4.46. The highest BCUT2D eigenvalue weighted by Crippen LogP contribution is 2.28. The van der Waals surface area contributed by atoms with Gasteiger partial charge in [-0.1, -0.05) is 0 Å². The Balaban J connectivity index is 1.51. The van der Waals surface area contributed by atoms with E-state index < -0.39 is 0 Å². The van der Waals surface area contributed by atoms with Crippen LogP contribution in [-0.2, 0) is 14.4 Å². The average molecular weight is 372 g/mol. The molecule has 7 nitrogen and oxygen atoms in total. The quantitative estimate of drug-likeness (QED) is 0.879. The number of rotatable bonds is 3. The Kier molecular flexibility index (Phi) is 5.48. The molecule has 3 heterocycles. The number of carbonyl (C=O) groups is 3.